The predicted molar refractivity (Wildman–Crippen MR) is 64.5 cm³/mol. The zero-order chi connectivity index (χ0) is 12.1. The molecular weight excluding hydrogens is 216 g/mol. The van der Waals surface area contributed by atoms with Crippen molar-refractivity contribution < 1.29 is 4.79 Å². The second-order valence-corrected chi connectivity index (χ2v) is 4.07. The largest absolute Gasteiger partial charge is 0.336 e. The van der Waals surface area contributed by atoms with Gasteiger partial charge in [0.1, 0.15) is 0 Å². The van der Waals surface area contributed by atoms with Gasteiger partial charge in [-0.05, 0) is 30.5 Å². The smallest absolute Gasteiger partial charge is 0.254 e. The Labute approximate surface area is 99.7 Å². The van der Waals surface area contributed by atoms with E-state index in [4.69, 9.17) is 5.53 Å². The highest BCUT2D eigenvalue weighted by molar-refractivity contribution is 5.94. The van der Waals surface area contributed by atoms with Crippen LogP contribution in [-0.2, 0) is 0 Å². The molecule has 5 nitrogen and oxygen atoms in total. The van der Waals surface area contributed by atoms with E-state index in [-0.39, 0.29) is 11.9 Å². The molecule has 88 valence electrons. The Bertz CT molecular complexity index is 439. The number of rotatable bonds is 3. The third-order valence-electron chi connectivity index (χ3n) is 3.01. The van der Waals surface area contributed by atoms with Crippen LogP contribution in [-0.4, -0.2) is 29.9 Å². The fourth-order valence-corrected chi connectivity index (χ4v) is 2.17. The van der Waals surface area contributed by atoms with Gasteiger partial charge in [0.2, 0.25) is 0 Å². The molecule has 0 bridgehead atoms. The standard InChI is InChI=1S/C12H14N4O/c13-15-14-9-11-7-4-8-16(11)12(17)10-5-2-1-3-6-10/h1-3,5-6,11H,4,7-9H2. The zero-order valence-electron chi connectivity index (χ0n) is 9.49. The van der Waals surface area contributed by atoms with Gasteiger partial charge in [0.05, 0.1) is 0 Å². The van der Waals surface area contributed by atoms with E-state index in [1.807, 2.05) is 35.2 Å². The summed E-state index contributed by atoms with van der Waals surface area (Å²) >= 11 is 0. The lowest BCUT2D eigenvalue weighted by atomic mass is 10.1. The number of hydrogen-bond acceptors (Lipinski definition) is 2. The van der Waals surface area contributed by atoms with Gasteiger partial charge in [-0.1, -0.05) is 23.3 Å². The van der Waals surface area contributed by atoms with Crippen molar-refractivity contribution in [3.63, 3.8) is 0 Å². The van der Waals surface area contributed by atoms with Gasteiger partial charge in [-0.3, -0.25) is 4.79 Å². The summed E-state index contributed by atoms with van der Waals surface area (Å²) in [6.07, 6.45) is 1.89. The highest BCUT2D eigenvalue weighted by atomic mass is 16.2. The summed E-state index contributed by atoms with van der Waals surface area (Å²) in [5, 5.41) is 3.57. The normalized spacial score (nSPS) is 18.8. The highest BCUT2D eigenvalue weighted by Gasteiger charge is 2.28. The molecule has 1 aliphatic rings. The number of azide groups is 1. The molecule has 0 aliphatic carbocycles. The summed E-state index contributed by atoms with van der Waals surface area (Å²) in [6, 6.07) is 9.27. The van der Waals surface area contributed by atoms with Crippen molar-refractivity contribution in [1.29, 1.82) is 0 Å². The zero-order valence-corrected chi connectivity index (χ0v) is 9.49. The number of hydrogen-bond donors (Lipinski definition) is 0. The molecule has 1 atom stereocenters. The first-order valence-corrected chi connectivity index (χ1v) is 5.70. The number of carbonyl (C=O) groups excluding carboxylic acids is 1. The van der Waals surface area contributed by atoms with Crippen LogP contribution >= 0.6 is 0 Å². The summed E-state index contributed by atoms with van der Waals surface area (Å²) in [5.41, 5.74) is 9.02. The molecule has 1 fully saturated rings. The fraction of sp³-hybridized carbons (Fsp3) is 0.417. The van der Waals surface area contributed by atoms with Gasteiger partial charge >= 0.3 is 0 Å². The van der Waals surface area contributed by atoms with Crippen LogP contribution in [0.25, 0.3) is 10.4 Å². The summed E-state index contributed by atoms with van der Waals surface area (Å²) in [7, 11) is 0. The van der Waals surface area contributed by atoms with E-state index in [2.05, 4.69) is 10.0 Å². The van der Waals surface area contributed by atoms with E-state index in [0.29, 0.717) is 12.1 Å². The molecular formula is C12H14N4O. The van der Waals surface area contributed by atoms with Gasteiger partial charge in [0.25, 0.3) is 5.91 Å². The number of benzene rings is 1. The van der Waals surface area contributed by atoms with E-state index < -0.39 is 0 Å². The Balaban J connectivity index is 2.11. The van der Waals surface area contributed by atoms with Crippen LogP contribution in [0.1, 0.15) is 23.2 Å². The van der Waals surface area contributed by atoms with Crippen LogP contribution < -0.4 is 0 Å². The van der Waals surface area contributed by atoms with Crippen LogP contribution in [0.15, 0.2) is 35.4 Å². The Morgan fingerprint density at radius 1 is 1.47 bits per heavy atom. The van der Waals surface area contributed by atoms with Crippen LogP contribution in [0.5, 0.6) is 0 Å². The second-order valence-electron chi connectivity index (χ2n) is 4.07. The summed E-state index contributed by atoms with van der Waals surface area (Å²) < 4.78 is 0. The van der Waals surface area contributed by atoms with E-state index >= 15 is 0 Å². The molecule has 0 spiro atoms. The number of amides is 1. The second kappa shape index (κ2) is 5.37. The van der Waals surface area contributed by atoms with E-state index in [9.17, 15) is 4.79 Å². The van der Waals surface area contributed by atoms with Crippen molar-refractivity contribution in [3.8, 4) is 0 Å². The summed E-state index contributed by atoms with van der Waals surface area (Å²) in [4.78, 5) is 16.8. The molecule has 1 aromatic carbocycles. The van der Waals surface area contributed by atoms with Crippen molar-refractivity contribution in [2.45, 2.75) is 18.9 Å². The first kappa shape index (κ1) is 11.5. The van der Waals surface area contributed by atoms with Crippen LogP contribution in [0.4, 0.5) is 0 Å². The molecule has 1 amide bonds. The van der Waals surface area contributed by atoms with Gasteiger partial charge in [-0.2, -0.15) is 0 Å². The lowest BCUT2D eigenvalue weighted by Gasteiger charge is -2.23. The maximum Gasteiger partial charge on any atom is 0.254 e. The Hall–Kier alpha value is -2.00. The molecule has 17 heavy (non-hydrogen) atoms. The summed E-state index contributed by atoms with van der Waals surface area (Å²) in [5.74, 6) is 0.0289. The topological polar surface area (TPSA) is 69.1 Å². The molecule has 1 heterocycles. The molecule has 0 saturated carbocycles. The molecule has 0 aromatic heterocycles. The molecule has 5 heteroatoms. The fourth-order valence-electron chi connectivity index (χ4n) is 2.17. The van der Waals surface area contributed by atoms with Crippen LogP contribution in [0.3, 0.4) is 0 Å². The van der Waals surface area contributed by atoms with Crippen molar-refractivity contribution in [2.75, 3.05) is 13.1 Å². The van der Waals surface area contributed by atoms with Crippen molar-refractivity contribution in [1.82, 2.24) is 4.90 Å². The molecule has 2 rings (SSSR count). The molecule has 0 radical (unpaired) electrons. The minimum atomic E-state index is 0.0289. The average molecular weight is 230 g/mol. The SMILES string of the molecule is [N-]=[N+]=NCC1CCCN1C(=O)c1ccccc1. The minimum Gasteiger partial charge on any atom is -0.336 e. The quantitative estimate of drug-likeness (QED) is 0.447. The Morgan fingerprint density at radius 2 is 2.24 bits per heavy atom. The molecule has 1 aromatic rings. The van der Waals surface area contributed by atoms with E-state index in [1.54, 1.807) is 0 Å². The van der Waals surface area contributed by atoms with E-state index in [0.717, 1.165) is 19.4 Å². The van der Waals surface area contributed by atoms with Gasteiger partial charge < -0.3 is 4.90 Å². The lowest BCUT2D eigenvalue weighted by molar-refractivity contribution is 0.0741. The maximum absolute atomic E-state index is 12.2. The number of nitrogens with zero attached hydrogens (tertiary/aromatic N) is 4. The van der Waals surface area contributed by atoms with Crippen molar-refractivity contribution >= 4 is 5.91 Å². The monoisotopic (exact) mass is 230 g/mol. The lowest BCUT2D eigenvalue weighted by Crippen LogP contribution is -2.37. The Morgan fingerprint density at radius 3 is 2.94 bits per heavy atom. The van der Waals surface area contributed by atoms with Crippen molar-refractivity contribution in [2.24, 2.45) is 5.11 Å². The van der Waals surface area contributed by atoms with Crippen molar-refractivity contribution in [3.05, 3.63) is 46.3 Å². The third kappa shape index (κ3) is 2.57. The first-order valence-electron chi connectivity index (χ1n) is 5.70. The molecule has 1 aliphatic heterocycles. The van der Waals surface area contributed by atoms with Gasteiger partial charge in [0.15, 0.2) is 0 Å². The number of carbonyl (C=O) groups is 1. The predicted octanol–water partition coefficient (Wildman–Crippen LogP) is 2.60. The van der Waals surface area contributed by atoms with E-state index in [1.165, 1.54) is 0 Å². The van der Waals surface area contributed by atoms with Gasteiger partial charge in [0, 0.05) is 29.6 Å². The first-order chi connectivity index (χ1) is 8.33. The minimum absolute atomic E-state index is 0.0289. The average Bonchev–Trinajstić information content (AvgIpc) is 2.84. The Kier molecular flexibility index (Phi) is 3.62. The molecule has 1 unspecified atom stereocenters. The maximum atomic E-state index is 12.2. The summed E-state index contributed by atoms with van der Waals surface area (Å²) in [6.45, 7) is 1.12. The third-order valence-corrected chi connectivity index (χ3v) is 3.01. The van der Waals surface area contributed by atoms with Crippen LogP contribution in [0.2, 0.25) is 0 Å². The number of likely N-dealkylation sites (tertiary alicyclic amines) is 1. The van der Waals surface area contributed by atoms with Gasteiger partial charge in [-0.25, -0.2) is 0 Å². The van der Waals surface area contributed by atoms with Gasteiger partial charge in [-0.15, -0.1) is 0 Å². The highest BCUT2D eigenvalue weighted by Crippen LogP contribution is 2.20. The molecule has 0 N–H and O–H groups in total. The molecule has 1 saturated heterocycles. The van der Waals surface area contributed by atoms with Crippen LogP contribution in [0, 0.1) is 0 Å².